The van der Waals surface area contributed by atoms with Gasteiger partial charge in [-0.1, -0.05) is 0 Å². The molecule has 0 aromatic heterocycles. The van der Waals surface area contributed by atoms with E-state index in [4.69, 9.17) is 0 Å². The van der Waals surface area contributed by atoms with Gasteiger partial charge in [0.1, 0.15) is 0 Å². The van der Waals surface area contributed by atoms with Crippen LogP contribution in [0.2, 0.25) is 0 Å². The van der Waals surface area contributed by atoms with E-state index in [1.54, 1.807) is 0 Å². The fraction of sp³-hybridized carbons (Fsp3) is 0.455. The topological polar surface area (TPSA) is 0 Å². The summed E-state index contributed by atoms with van der Waals surface area (Å²) in [5.74, 6) is 0. The standard InChI is InChI=1S/C6H6Se.C5H14N/c7-6-4-2-1-3-5-6;1-5-6(2,3)4/h1-5,7H;5H2,1-4H3/q;+1/p-1. The molecule has 74 valence electrons. The molecule has 13 heavy (non-hydrogen) atoms. The third-order valence-corrected chi connectivity index (χ3v) is 2.26. The summed E-state index contributed by atoms with van der Waals surface area (Å²) in [5, 5.41) is 0. The average Bonchev–Trinajstić information content (AvgIpc) is 2.06. The third kappa shape index (κ3) is 9.61. The Kier molecular flexibility index (Phi) is 6.06. The van der Waals surface area contributed by atoms with Crippen LogP contribution in [0.3, 0.4) is 0 Å². The zero-order chi connectivity index (χ0) is 10.3. The van der Waals surface area contributed by atoms with Crippen molar-refractivity contribution in [3.8, 4) is 0 Å². The van der Waals surface area contributed by atoms with Crippen LogP contribution in [-0.4, -0.2) is 48.2 Å². The monoisotopic (exact) mass is 245 g/mol. The first-order chi connectivity index (χ1) is 5.95. The molecule has 1 rings (SSSR count). The van der Waals surface area contributed by atoms with Crippen LogP contribution in [0.15, 0.2) is 30.3 Å². The molecule has 0 saturated carbocycles. The van der Waals surface area contributed by atoms with E-state index < -0.39 is 0 Å². The van der Waals surface area contributed by atoms with Crippen LogP contribution in [0.4, 0.5) is 0 Å². The quantitative estimate of drug-likeness (QED) is 0.514. The molecular formula is C11H19NSe. The first-order valence-corrected chi connectivity index (χ1v) is 5.34. The molecule has 0 unspecified atom stereocenters. The molecule has 0 atom stereocenters. The van der Waals surface area contributed by atoms with Crippen molar-refractivity contribution in [2.75, 3.05) is 27.7 Å². The number of rotatable bonds is 1. The van der Waals surface area contributed by atoms with Gasteiger partial charge in [-0.05, 0) is 6.92 Å². The molecule has 0 bridgehead atoms. The van der Waals surface area contributed by atoms with Gasteiger partial charge in [0.15, 0.2) is 0 Å². The Morgan fingerprint density at radius 3 is 1.62 bits per heavy atom. The minimum atomic E-state index is 1.07. The van der Waals surface area contributed by atoms with Crippen LogP contribution >= 0.6 is 0 Å². The van der Waals surface area contributed by atoms with Crippen molar-refractivity contribution in [2.24, 2.45) is 0 Å². The molecule has 0 aliphatic heterocycles. The van der Waals surface area contributed by atoms with Crippen molar-refractivity contribution in [3.05, 3.63) is 30.3 Å². The van der Waals surface area contributed by atoms with E-state index in [-0.39, 0.29) is 0 Å². The van der Waals surface area contributed by atoms with Gasteiger partial charge < -0.3 is 4.48 Å². The van der Waals surface area contributed by atoms with Gasteiger partial charge in [0, 0.05) is 0 Å². The molecule has 1 aromatic rings. The number of benzene rings is 1. The van der Waals surface area contributed by atoms with Gasteiger partial charge >= 0.3 is 50.8 Å². The van der Waals surface area contributed by atoms with Gasteiger partial charge in [0.2, 0.25) is 0 Å². The van der Waals surface area contributed by atoms with Crippen LogP contribution in [0.5, 0.6) is 0 Å². The van der Waals surface area contributed by atoms with Crippen molar-refractivity contribution in [1.82, 2.24) is 0 Å². The molecule has 0 saturated heterocycles. The predicted octanol–water partition coefficient (Wildman–Crippen LogP) is 1.19. The molecule has 0 aliphatic rings. The summed E-state index contributed by atoms with van der Waals surface area (Å²) in [4.78, 5) is 0. The zero-order valence-corrected chi connectivity index (χ0v) is 10.7. The number of quaternary nitrogens is 1. The first-order valence-electron chi connectivity index (χ1n) is 4.48. The zero-order valence-electron chi connectivity index (χ0n) is 8.95. The molecule has 0 amide bonds. The minimum absolute atomic E-state index is 1.07. The molecule has 2 heteroatoms. The van der Waals surface area contributed by atoms with E-state index in [1.807, 2.05) is 30.3 Å². The fourth-order valence-corrected chi connectivity index (χ4v) is 0.750. The Morgan fingerprint density at radius 2 is 1.46 bits per heavy atom. The number of hydrogen-bond donors (Lipinski definition) is 0. The molecule has 0 fully saturated rings. The second-order valence-electron chi connectivity index (χ2n) is 3.92. The van der Waals surface area contributed by atoms with E-state index >= 15 is 0 Å². The molecule has 1 aromatic carbocycles. The molecule has 0 heterocycles. The first kappa shape index (κ1) is 12.7. The van der Waals surface area contributed by atoms with Crippen molar-refractivity contribution < 1.29 is 4.48 Å². The van der Waals surface area contributed by atoms with Gasteiger partial charge in [-0.2, -0.15) is 0 Å². The second-order valence-corrected chi connectivity index (χ2v) is 4.91. The number of nitrogens with zero attached hydrogens (tertiary/aromatic N) is 1. The normalized spacial score (nSPS) is 10.2. The summed E-state index contributed by atoms with van der Waals surface area (Å²) in [5.41, 5.74) is 0. The SMILES string of the molecule is CC[N+](C)(C)C.[Se-]c1ccccc1. The van der Waals surface area contributed by atoms with Crippen molar-refractivity contribution >= 4 is 20.5 Å². The summed E-state index contributed by atoms with van der Waals surface area (Å²) >= 11 is 2.90. The van der Waals surface area contributed by atoms with Crippen LogP contribution in [0.25, 0.3) is 0 Å². The second kappa shape index (κ2) is 6.20. The van der Waals surface area contributed by atoms with E-state index in [1.165, 1.54) is 11.0 Å². The van der Waals surface area contributed by atoms with Gasteiger partial charge in [-0.15, -0.1) is 0 Å². The summed E-state index contributed by atoms with van der Waals surface area (Å²) in [7, 11) is 6.54. The van der Waals surface area contributed by atoms with Crippen LogP contribution in [-0.2, 0) is 0 Å². The van der Waals surface area contributed by atoms with Crippen molar-refractivity contribution in [3.63, 3.8) is 0 Å². The van der Waals surface area contributed by atoms with Crippen molar-refractivity contribution in [1.29, 1.82) is 0 Å². The van der Waals surface area contributed by atoms with E-state index in [0.29, 0.717) is 0 Å². The van der Waals surface area contributed by atoms with Gasteiger partial charge in [-0.25, -0.2) is 0 Å². The van der Waals surface area contributed by atoms with E-state index in [2.05, 4.69) is 44.1 Å². The van der Waals surface area contributed by atoms with Gasteiger partial charge in [0.05, 0.1) is 27.7 Å². The Labute approximate surface area is 90.2 Å². The van der Waals surface area contributed by atoms with E-state index in [9.17, 15) is 0 Å². The molecule has 0 N–H and O–H groups in total. The van der Waals surface area contributed by atoms with Crippen LogP contribution in [0.1, 0.15) is 6.92 Å². The Balaban J connectivity index is 0.000000226. The van der Waals surface area contributed by atoms with Gasteiger partial charge in [-0.3, -0.25) is 0 Å². The molecule has 0 aliphatic carbocycles. The predicted molar refractivity (Wildman–Crippen MR) is 60.4 cm³/mol. The summed E-state index contributed by atoms with van der Waals surface area (Å²) in [6.07, 6.45) is 0. The maximum absolute atomic E-state index is 2.90. The maximum atomic E-state index is 2.90. The number of hydrogen-bond acceptors (Lipinski definition) is 0. The third-order valence-electron chi connectivity index (χ3n) is 1.69. The van der Waals surface area contributed by atoms with Crippen molar-refractivity contribution in [2.45, 2.75) is 6.92 Å². The summed E-state index contributed by atoms with van der Waals surface area (Å²) < 4.78 is 2.27. The Bertz CT molecular complexity index is 213. The average molecular weight is 244 g/mol. The molecule has 0 radical (unpaired) electrons. The van der Waals surface area contributed by atoms with Gasteiger partial charge in [0.25, 0.3) is 0 Å². The summed E-state index contributed by atoms with van der Waals surface area (Å²) in [6.45, 7) is 3.39. The molecule has 0 spiro atoms. The van der Waals surface area contributed by atoms with Crippen LogP contribution in [0, 0.1) is 0 Å². The fourth-order valence-electron chi connectivity index (χ4n) is 0.420. The van der Waals surface area contributed by atoms with E-state index in [0.717, 1.165) is 4.48 Å². The summed E-state index contributed by atoms with van der Waals surface area (Å²) in [6, 6.07) is 10.1. The van der Waals surface area contributed by atoms with Crippen LogP contribution < -0.4 is 4.46 Å². The molecule has 1 nitrogen and oxygen atoms in total. The molecular weight excluding hydrogens is 225 g/mol. The Morgan fingerprint density at radius 1 is 1.08 bits per heavy atom. The Hall–Kier alpha value is -0.301.